The molecule has 0 unspecified atom stereocenters. The summed E-state index contributed by atoms with van der Waals surface area (Å²) in [7, 11) is 3.17. The first-order valence-corrected chi connectivity index (χ1v) is 9.10. The zero-order chi connectivity index (χ0) is 20.5. The van der Waals surface area contributed by atoms with E-state index in [-0.39, 0.29) is 19.0 Å². The highest BCUT2D eigenvalue weighted by Crippen LogP contribution is 2.27. The largest absolute Gasteiger partial charge is 0.467 e. The second-order valence-electron chi connectivity index (χ2n) is 6.81. The number of carbonyl (C=O) groups is 1. The van der Waals surface area contributed by atoms with Crippen molar-refractivity contribution < 1.29 is 9.21 Å². The van der Waals surface area contributed by atoms with E-state index < -0.39 is 11.2 Å². The van der Waals surface area contributed by atoms with Gasteiger partial charge in [-0.15, -0.1) is 0 Å². The van der Waals surface area contributed by atoms with Crippen LogP contribution in [0.3, 0.4) is 0 Å². The van der Waals surface area contributed by atoms with E-state index in [1.54, 1.807) is 29.9 Å². The Balaban J connectivity index is 1.83. The van der Waals surface area contributed by atoms with E-state index >= 15 is 0 Å². The minimum atomic E-state index is -0.543. The number of aromatic nitrogens is 3. The van der Waals surface area contributed by atoms with Gasteiger partial charge in [0.15, 0.2) is 0 Å². The van der Waals surface area contributed by atoms with Crippen LogP contribution in [0, 0.1) is 0 Å². The average molecular weight is 392 g/mol. The summed E-state index contributed by atoms with van der Waals surface area (Å²) in [4.78, 5) is 38.2. The number of benzene rings is 1. The van der Waals surface area contributed by atoms with Crippen molar-refractivity contribution in [1.82, 2.24) is 19.0 Å². The highest BCUT2D eigenvalue weighted by Gasteiger charge is 2.20. The number of carbonyl (C=O) groups excluding carboxylic acids is 1. The predicted molar refractivity (Wildman–Crippen MR) is 108 cm³/mol. The molecule has 1 amide bonds. The van der Waals surface area contributed by atoms with Gasteiger partial charge in [0.1, 0.15) is 17.8 Å². The average Bonchev–Trinajstić information content (AvgIpc) is 3.36. The molecule has 0 saturated heterocycles. The molecule has 0 fully saturated rings. The zero-order valence-corrected chi connectivity index (χ0v) is 16.1. The van der Waals surface area contributed by atoms with Crippen LogP contribution in [0.2, 0.25) is 0 Å². The summed E-state index contributed by atoms with van der Waals surface area (Å²) in [5.41, 5.74) is 1.44. The van der Waals surface area contributed by atoms with Crippen LogP contribution in [0.5, 0.6) is 0 Å². The van der Waals surface area contributed by atoms with Crippen LogP contribution in [-0.4, -0.2) is 19.6 Å². The molecule has 0 aliphatic rings. The number of aryl methyl sites for hydroxylation is 1. The maximum Gasteiger partial charge on any atom is 0.331 e. The van der Waals surface area contributed by atoms with Gasteiger partial charge in [0, 0.05) is 25.9 Å². The topological polar surface area (TPSA) is 91.2 Å². The normalized spacial score (nSPS) is 11.1. The molecule has 0 aliphatic carbocycles. The predicted octanol–water partition coefficient (Wildman–Crippen LogP) is 1.62. The Kier molecular flexibility index (Phi) is 4.67. The maximum absolute atomic E-state index is 12.9. The van der Waals surface area contributed by atoms with E-state index in [4.69, 9.17) is 4.42 Å². The summed E-state index contributed by atoms with van der Waals surface area (Å²) >= 11 is 0. The van der Waals surface area contributed by atoms with Gasteiger partial charge < -0.3 is 14.3 Å². The maximum atomic E-state index is 12.9. The quantitative estimate of drug-likeness (QED) is 0.559. The van der Waals surface area contributed by atoms with E-state index in [2.05, 4.69) is 5.32 Å². The van der Waals surface area contributed by atoms with E-state index in [0.717, 1.165) is 15.7 Å². The standard InChI is InChI=1S/C21H20N4O4/c1-23-12-16(14-7-4-3-5-8-14)18-19(23)20(27)24(2)21(28)25(18)13-17(26)22-11-15-9-6-10-29-15/h3-10,12H,11,13H2,1-2H3,(H,22,26). The number of hydrogen-bond donors (Lipinski definition) is 1. The molecule has 3 aromatic heterocycles. The fourth-order valence-corrected chi connectivity index (χ4v) is 3.44. The minimum absolute atomic E-state index is 0.214. The van der Waals surface area contributed by atoms with E-state index in [1.807, 2.05) is 30.3 Å². The van der Waals surface area contributed by atoms with Crippen LogP contribution in [0.1, 0.15) is 5.76 Å². The lowest BCUT2D eigenvalue weighted by atomic mass is 10.1. The highest BCUT2D eigenvalue weighted by molar-refractivity contribution is 5.93. The van der Waals surface area contributed by atoms with E-state index in [0.29, 0.717) is 16.8 Å². The van der Waals surface area contributed by atoms with Gasteiger partial charge in [-0.1, -0.05) is 30.3 Å². The molecule has 0 radical (unpaired) electrons. The molecule has 1 N–H and O–H groups in total. The second-order valence-corrected chi connectivity index (χ2v) is 6.81. The molecule has 4 aromatic rings. The molecular formula is C21H20N4O4. The summed E-state index contributed by atoms with van der Waals surface area (Å²) in [6.45, 7) is 0.00380. The van der Waals surface area contributed by atoms with Crippen molar-refractivity contribution in [2.75, 3.05) is 0 Å². The first-order valence-electron chi connectivity index (χ1n) is 9.10. The van der Waals surface area contributed by atoms with Crippen molar-refractivity contribution >= 4 is 16.9 Å². The summed E-state index contributed by atoms with van der Waals surface area (Å²) in [6.07, 6.45) is 3.33. The Hall–Kier alpha value is -3.81. The summed E-state index contributed by atoms with van der Waals surface area (Å²) in [5, 5.41) is 2.74. The molecule has 0 bridgehead atoms. The molecule has 1 aromatic carbocycles. The highest BCUT2D eigenvalue weighted by atomic mass is 16.3. The Labute approximate surface area is 165 Å². The number of amides is 1. The lowest BCUT2D eigenvalue weighted by Gasteiger charge is -2.12. The Morgan fingerprint density at radius 2 is 1.79 bits per heavy atom. The van der Waals surface area contributed by atoms with Crippen molar-refractivity contribution in [1.29, 1.82) is 0 Å². The fourth-order valence-electron chi connectivity index (χ4n) is 3.44. The number of rotatable bonds is 5. The Morgan fingerprint density at radius 1 is 1.03 bits per heavy atom. The molecule has 3 heterocycles. The number of hydrogen-bond acceptors (Lipinski definition) is 4. The number of furan rings is 1. The van der Waals surface area contributed by atoms with Gasteiger partial charge in [-0.25, -0.2) is 4.79 Å². The molecule has 148 valence electrons. The minimum Gasteiger partial charge on any atom is -0.467 e. The summed E-state index contributed by atoms with van der Waals surface area (Å²) in [5.74, 6) is 0.257. The fraction of sp³-hybridized carbons (Fsp3) is 0.190. The lowest BCUT2D eigenvalue weighted by Crippen LogP contribution is -2.41. The van der Waals surface area contributed by atoms with Crippen LogP contribution in [0.4, 0.5) is 0 Å². The summed E-state index contributed by atoms with van der Waals surface area (Å²) in [6, 6.07) is 12.9. The first-order chi connectivity index (χ1) is 14.0. The molecular weight excluding hydrogens is 372 g/mol. The molecule has 0 atom stereocenters. The van der Waals surface area contributed by atoms with Gasteiger partial charge in [-0.3, -0.25) is 18.7 Å². The van der Waals surface area contributed by atoms with Crippen LogP contribution in [0.25, 0.3) is 22.2 Å². The smallest absolute Gasteiger partial charge is 0.331 e. The Bertz CT molecular complexity index is 1290. The van der Waals surface area contributed by atoms with Crippen molar-refractivity contribution in [3.63, 3.8) is 0 Å². The summed E-state index contributed by atoms with van der Waals surface area (Å²) < 4.78 is 9.27. The molecule has 0 aliphatic heterocycles. The van der Waals surface area contributed by atoms with Crippen LogP contribution < -0.4 is 16.6 Å². The molecule has 8 heteroatoms. The third kappa shape index (κ3) is 3.29. The van der Waals surface area contributed by atoms with Crippen molar-refractivity contribution in [3.8, 4) is 11.1 Å². The first kappa shape index (κ1) is 18.5. The van der Waals surface area contributed by atoms with Gasteiger partial charge in [0.2, 0.25) is 5.91 Å². The van der Waals surface area contributed by atoms with Crippen LogP contribution in [-0.2, 0) is 32.0 Å². The number of nitrogens with zero attached hydrogens (tertiary/aromatic N) is 3. The van der Waals surface area contributed by atoms with Crippen LogP contribution >= 0.6 is 0 Å². The van der Waals surface area contributed by atoms with Crippen molar-refractivity contribution in [2.45, 2.75) is 13.1 Å². The molecule has 4 rings (SSSR count). The lowest BCUT2D eigenvalue weighted by molar-refractivity contribution is -0.121. The van der Waals surface area contributed by atoms with Gasteiger partial charge in [0.05, 0.1) is 18.3 Å². The van der Waals surface area contributed by atoms with E-state index in [9.17, 15) is 14.4 Å². The monoisotopic (exact) mass is 392 g/mol. The molecule has 29 heavy (non-hydrogen) atoms. The van der Waals surface area contributed by atoms with Crippen molar-refractivity contribution in [3.05, 3.63) is 81.5 Å². The van der Waals surface area contributed by atoms with Crippen LogP contribution in [0.15, 0.2) is 68.9 Å². The second kappa shape index (κ2) is 7.31. The number of fused-ring (bicyclic) bond motifs is 1. The molecule has 0 saturated carbocycles. The Morgan fingerprint density at radius 3 is 2.48 bits per heavy atom. The third-order valence-electron chi connectivity index (χ3n) is 4.88. The third-order valence-corrected chi connectivity index (χ3v) is 4.88. The molecule has 8 nitrogen and oxygen atoms in total. The SMILES string of the molecule is Cn1c(=O)c2c(c(-c3ccccc3)cn2C)n(CC(=O)NCc2ccco2)c1=O. The van der Waals surface area contributed by atoms with E-state index in [1.165, 1.54) is 17.9 Å². The van der Waals surface area contributed by atoms with Gasteiger partial charge in [-0.05, 0) is 17.7 Å². The van der Waals surface area contributed by atoms with Gasteiger partial charge in [0.25, 0.3) is 5.56 Å². The zero-order valence-electron chi connectivity index (χ0n) is 16.1. The van der Waals surface area contributed by atoms with Crippen molar-refractivity contribution in [2.24, 2.45) is 14.1 Å². The molecule has 0 spiro atoms. The van der Waals surface area contributed by atoms with Gasteiger partial charge in [-0.2, -0.15) is 0 Å². The number of nitrogens with one attached hydrogen (secondary N) is 1. The van der Waals surface area contributed by atoms with Gasteiger partial charge >= 0.3 is 5.69 Å².